The minimum atomic E-state index is -1.69. The molecule has 0 atom stereocenters. The zero-order valence-corrected chi connectivity index (χ0v) is 14.1. The summed E-state index contributed by atoms with van der Waals surface area (Å²) in [5, 5.41) is 1.58. The molecule has 1 aromatic rings. The van der Waals surface area contributed by atoms with Crippen LogP contribution in [0.3, 0.4) is 0 Å². The Balaban J connectivity index is 3.39. The van der Waals surface area contributed by atoms with Crippen molar-refractivity contribution in [2.45, 2.75) is 26.1 Å². The van der Waals surface area contributed by atoms with Crippen molar-refractivity contribution in [3.63, 3.8) is 0 Å². The predicted octanol–water partition coefficient (Wildman–Crippen LogP) is 2.09. The van der Waals surface area contributed by atoms with Crippen LogP contribution in [0.2, 0.25) is 24.7 Å². The highest BCUT2D eigenvalue weighted by Crippen LogP contribution is 2.20. The summed E-state index contributed by atoms with van der Waals surface area (Å²) in [6.45, 7) is 7.58. The van der Waals surface area contributed by atoms with Crippen LogP contribution in [0, 0.1) is 0 Å². The minimum Gasteiger partial charge on any atom is -0.366 e. The Morgan fingerprint density at radius 3 is 2.32 bits per heavy atom. The molecule has 3 nitrogen and oxygen atoms in total. The number of rotatable bonds is 5. The Kier molecular flexibility index (Phi) is 5.18. The van der Waals surface area contributed by atoms with Crippen LogP contribution in [0.5, 0.6) is 0 Å². The maximum Gasteiger partial charge on any atom is 0.250 e. The number of hydrogen-bond acceptors (Lipinski definition) is 2. The molecule has 0 fully saturated rings. The third kappa shape index (κ3) is 4.06. The highest BCUT2D eigenvalue weighted by atomic mass is 35.5. The smallest absolute Gasteiger partial charge is 0.250 e. The number of amides is 1. The van der Waals surface area contributed by atoms with Gasteiger partial charge in [-0.05, 0) is 37.3 Å². The summed E-state index contributed by atoms with van der Waals surface area (Å²) in [5.74, 6) is -0.422. The molecule has 0 unspecified atom stereocenters. The topological polar surface area (TPSA) is 46.3 Å². The first kappa shape index (κ1) is 16.2. The number of likely N-dealkylation sites (N-methyl/N-ethyl adjacent to an activating group) is 1. The molecule has 1 aromatic carbocycles. The van der Waals surface area contributed by atoms with Crippen LogP contribution in [-0.4, -0.2) is 39.5 Å². The number of nitrogens with two attached hydrogens (primary N) is 1. The Morgan fingerprint density at radius 1 is 1.32 bits per heavy atom. The van der Waals surface area contributed by atoms with Crippen molar-refractivity contribution in [2.75, 3.05) is 20.6 Å². The summed E-state index contributed by atoms with van der Waals surface area (Å²) >= 11 is 6.18. The lowest BCUT2D eigenvalue weighted by Gasteiger charge is -2.25. The van der Waals surface area contributed by atoms with Gasteiger partial charge in [-0.3, -0.25) is 4.79 Å². The van der Waals surface area contributed by atoms with Crippen molar-refractivity contribution in [3.05, 3.63) is 28.3 Å². The van der Waals surface area contributed by atoms with Gasteiger partial charge in [0, 0.05) is 6.54 Å². The molecule has 0 radical (unpaired) electrons. The molecule has 0 bridgehead atoms. The summed E-state index contributed by atoms with van der Waals surface area (Å²) < 4.78 is 0. The van der Waals surface area contributed by atoms with Gasteiger partial charge in [-0.2, -0.15) is 0 Å². The van der Waals surface area contributed by atoms with Gasteiger partial charge in [-0.25, -0.2) is 0 Å². The molecule has 19 heavy (non-hydrogen) atoms. The summed E-state index contributed by atoms with van der Waals surface area (Å²) in [6.07, 6.45) is 0.907. The lowest BCUT2D eigenvalue weighted by atomic mass is 10.1. The molecule has 0 aliphatic carbocycles. The number of carbonyl (C=O) groups excluding carboxylic acids is 1. The van der Waals surface area contributed by atoms with Gasteiger partial charge < -0.3 is 10.6 Å². The van der Waals surface area contributed by atoms with E-state index in [9.17, 15) is 4.79 Å². The molecular weight excluding hydrogens is 276 g/mol. The number of benzene rings is 1. The van der Waals surface area contributed by atoms with Gasteiger partial charge in [-0.15, -0.1) is 0 Å². The summed E-state index contributed by atoms with van der Waals surface area (Å²) in [7, 11) is 2.39. The van der Waals surface area contributed by atoms with Crippen molar-refractivity contribution in [1.82, 2.24) is 4.90 Å². The first-order valence-corrected chi connectivity index (χ1v) is 10.3. The molecule has 0 heterocycles. The van der Waals surface area contributed by atoms with Crippen molar-refractivity contribution >= 4 is 30.8 Å². The maximum absolute atomic E-state index is 11.7. The highest BCUT2D eigenvalue weighted by molar-refractivity contribution is 6.90. The largest absolute Gasteiger partial charge is 0.366 e. The fourth-order valence-electron chi connectivity index (χ4n) is 2.27. The van der Waals surface area contributed by atoms with Crippen LogP contribution in [0.15, 0.2) is 12.1 Å². The normalized spacial score (nSPS) is 11.9. The summed E-state index contributed by atoms with van der Waals surface area (Å²) in [5.41, 5.74) is 7.25. The van der Waals surface area contributed by atoms with Crippen LogP contribution in [-0.2, 0) is 6.42 Å². The molecule has 0 aliphatic heterocycles. The van der Waals surface area contributed by atoms with Crippen LogP contribution >= 0.6 is 11.6 Å². The molecule has 106 valence electrons. The molecule has 0 aliphatic rings. The van der Waals surface area contributed by atoms with Crippen molar-refractivity contribution in [1.29, 1.82) is 0 Å². The average Bonchev–Trinajstić information content (AvgIpc) is 2.24. The lowest BCUT2D eigenvalue weighted by molar-refractivity contribution is 0.100. The second-order valence-electron chi connectivity index (χ2n) is 6.12. The second-order valence-corrected chi connectivity index (χ2v) is 11.5. The van der Waals surface area contributed by atoms with E-state index in [4.69, 9.17) is 17.3 Å². The van der Waals surface area contributed by atoms with E-state index < -0.39 is 14.0 Å². The van der Waals surface area contributed by atoms with Gasteiger partial charge in [0.25, 0.3) is 0 Å². The van der Waals surface area contributed by atoms with Crippen LogP contribution in [0.1, 0.15) is 15.9 Å². The summed E-state index contributed by atoms with van der Waals surface area (Å²) in [6, 6.07) is 3.82. The Morgan fingerprint density at radius 2 is 1.89 bits per heavy atom. The molecule has 0 aromatic heterocycles. The van der Waals surface area contributed by atoms with Crippen LogP contribution < -0.4 is 10.9 Å². The predicted molar refractivity (Wildman–Crippen MR) is 85.2 cm³/mol. The number of nitrogens with zero attached hydrogens (tertiary/aromatic N) is 1. The first-order valence-electron chi connectivity index (χ1n) is 6.41. The third-order valence-electron chi connectivity index (χ3n) is 3.07. The van der Waals surface area contributed by atoms with E-state index >= 15 is 0 Å². The van der Waals surface area contributed by atoms with Gasteiger partial charge in [0.15, 0.2) is 0 Å². The molecule has 2 N–H and O–H groups in total. The number of carbonyl (C=O) groups is 1. The van der Waals surface area contributed by atoms with E-state index in [1.807, 2.05) is 20.2 Å². The summed E-state index contributed by atoms with van der Waals surface area (Å²) in [4.78, 5) is 13.9. The first-order chi connectivity index (χ1) is 8.64. The molecule has 0 spiro atoms. The minimum absolute atomic E-state index is 0.422. The maximum atomic E-state index is 11.7. The Bertz CT molecular complexity index is 481. The third-order valence-corrected chi connectivity index (χ3v) is 5.45. The molecule has 1 rings (SSSR count). The molecule has 0 saturated heterocycles. The fourth-order valence-corrected chi connectivity index (χ4v) is 4.78. The second kappa shape index (κ2) is 6.07. The zero-order valence-electron chi connectivity index (χ0n) is 12.4. The SMILES string of the molecule is CN(C)CCc1ccc(Cl)c(C(N)=O)c1[Si](C)(C)C. The quantitative estimate of drug-likeness (QED) is 0.846. The van der Waals surface area contributed by atoms with E-state index in [-0.39, 0.29) is 0 Å². The number of primary amides is 1. The van der Waals surface area contributed by atoms with Crippen LogP contribution in [0.25, 0.3) is 0 Å². The van der Waals surface area contributed by atoms with Gasteiger partial charge in [-0.1, -0.05) is 37.3 Å². The van der Waals surface area contributed by atoms with Crippen LogP contribution in [0.4, 0.5) is 0 Å². The molecular formula is C14H23ClN2OSi. The van der Waals surface area contributed by atoms with E-state index in [1.165, 1.54) is 5.56 Å². The Labute approximate surface area is 121 Å². The van der Waals surface area contributed by atoms with Crippen molar-refractivity contribution in [3.8, 4) is 0 Å². The monoisotopic (exact) mass is 298 g/mol. The van der Waals surface area contributed by atoms with Gasteiger partial charge in [0.05, 0.1) is 18.7 Å². The Hall–Kier alpha value is -0.843. The van der Waals surface area contributed by atoms with E-state index in [2.05, 4.69) is 24.5 Å². The molecule has 1 amide bonds. The standard InChI is InChI=1S/C14H23ClN2OSi/c1-17(2)9-8-10-6-7-11(15)12(14(16)18)13(10)19(3,4)5/h6-7H,8-9H2,1-5H3,(H2,16,18). The fraction of sp³-hybridized carbons (Fsp3) is 0.500. The number of halogens is 1. The van der Waals surface area contributed by atoms with E-state index in [0.29, 0.717) is 10.6 Å². The molecule has 0 saturated carbocycles. The lowest BCUT2D eigenvalue weighted by Crippen LogP contribution is -2.45. The number of hydrogen-bond donors (Lipinski definition) is 1. The van der Waals surface area contributed by atoms with Gasteiger partial charge >= 0.3 is 0 Å². The van der Waals surface area contributed by atoms with Gasteiger partial charge in [0.1, 0.15) is 0 Å². The van der Waals surface area contributed by atoms with E-state index in [0.717, 1.165) is 18.2 Å². The van der Waals surface area contributed by atoms with Crippen molar-refractivity contribution < 1.29 is 4.79 Å². The highest BCUT2D eigenvalue weighted by Gasteiger charge is 2.27. The van der Waals surface area contributed by atoms with E-state index in [1.54, 1.807) is 6.07 Å². The van der Waals surface area contributed by atoms with Crippen molar-refractivity contribution in [2.24, 2.45) is 5.73 Å². The average molecular weight is 299 g/mol. The zero-order chi connectivity index (χ0) is 14.8. The molecule has 5 heteroatoms. The van der Waals surface area contributed by atoms with Gasteiger partial charge in [0.2, 0.25) is 5.91 Å².